The van der Waals surface area contributed by atoms with Gasteiger partial charge in [0.15, 0.2) is 5.82 Å². The van der Waals surface area contributed by atoms with Gasteiger partial charge in [-0.2, -0.15) is 5.10 Å². The Morgan fingerprint density at radius 3 is 2.38 bits per heavy atom. The van der Waals surface area contributed by atoms with Crippen molar-refractivity contribution < 1.29 is 17.5 Å². The summed E-state index contributed by atoms with van der Waals surface area (Å²) in [5.74, 6) is 0.415. The number of sulfonamides is 1. The highest BCUT2D eigenvalue weighted by Crippen LogP contribution is 2.23. The third-order valence-electron chi connectivity index (χ3n) is 3.82. The van der Waals surface area contributed by atoms with Crippen LogP contribution in [0.4, 0.5) is 10.1 Å². The smallest absolute Gasteiger partial charge is 0.264 e. The van der Waals surface area contributed by atoms with Gasteiger partial charge in [-0.3, -0.25) is 4.72 Å². The van der Waals surface area contributed by atoms with Crippen LogP contribution in [0.5, 0.6) is 11.6 Å². The highest BCUT2D eigenvalue weighted by Gasteiger charge is 2.18. The predicted octanol–water partition coefficient (Wildman–Crippen LogP) is 3.39. The van der Waals surface area contributed by atoms with Crippen molar-refractivity contribution in [2.45, 2.75) is 4.90 Å². The third-order valence-corrected chi connectivity index (χ3v) is 5.23. The second-order valence-electron chi connectivity index (χ2n) is 5.84. The van der Waals surface area contributed by atoms with Crippen LogP contribution in [0.25, 0.3) is 5.82 Å². The number of nitrogens with zero attached hydrogens (tertiary/aromatic N) is 4. The SMILES string of the molecule is O=S(=O)(Nc1ccc(Oc2ccc(-n3cccn3)nn2)cc1)c1ccccc1F. The summed E-state index contributed by atoms with van der Waals surface area (Å²) < 4.78 is 47.9. The molecule has 8 nitrogen and oxygen atoms in total. The molecule has 0 amide bonds. The van der Waals surface area contributed by atoms with Gasteiger partial charge in [-0.1, -0.05) is 12.1 Å². The van der Waals surface area contributed by atoms with Crippen LogP contribution >= 0.6 is 0 Å². The summed E-state index contributed by atoms with van der Waals surface area (Å²) in [4.78, 5) is -0.423. The average molecular weight is 411 g/mol. The van der Waals surface area contributed by atoms with Gasteiger partial charge in [-0.15, -0.1) is 10.2 Å². The van der Waals surface area contributed by atoms with E-state index in [1.165, 1.54) is 30.3 Å². The van der Waals surface area contributed by atoms with Crippen LogP contribution < -0.4 is 9.46 Å². The van der Waals surface area contributed by atoms with Crippen LogP contribution in [-0.4, -0.2) is 28.4 Å². The van der Waals surface area contributed by atoms with Crippen molar-refractivity contribution in [1.29, 1.82) is 0 Å². The number of hydrogen-bond donors (Lipinski definition) is 1. The van der Waals surface area contributed by atoms with E-state index in [1.807, 2.05) is 0 Å². The maximum Gasteiger partial charge on any atom is 0.264 e. The molecule has 2 heterocycles. The molecule has 4 aromatic rings. The summed E-state index contributed by atoms with van der Waals surface area (Å²) in [5, 5.41) is 12.1. The second-order valence-corrected chi connectivity index (χ2v) is 7.49. The Labute approximate surface area is 165 Å². The van der Waals surface area contributed by atoms with E-state index in [2.05, 4.69) is 20.0 Å². The monoisotopic (exact) mass is 411 g/mol. The molecule has 0 fully saturated rings. The van der Waals surface area contributed by atoms with Gasteiger partial charge in [0, 0.05) is 24.1 Å². The van der Waals surface area contributed by atoms with Gasteiger partial charge >= 0.3 is 0 Å². The van der Waals surface area contributed by atoms with Gasteiger partial charge in [0.25, 0.3) is 10.0 Å². The van der Waals surface area contributed by atoms with Crippen LogP contribution in [0.15, 0.2) is 84.0 Å². The second kappa shape index (κ2) is 7.68. The van der Waals surface area contributed by atoms with Gasteiger partial charge in [-0.25, -0.2) is 17.5 Å². The van der Waals surface area contributed by atoms with Gasteiger partial charge in [0.2, 0.25) is 5.88 Å². The standard InChI is InChI=1S/C19H14FN5O3S/c20-16-4-1-2-5-17(16)29(26,27)24-14-6-8-15(9-7-14)28-19-11-10-18(22-23-19)25-13-3-12-21-25/h1-13,24H. The van der Waals surface area contributed by atoms with Crippen LogP contribution in [0.2, 0.25) is 0 Å². The zero-order valence-electron chi connectivity index (χ0n) is 14.8. The molecule has 0 saturated heterocycles. The molecule has 0 saturated carbocycles. The molecule has 0 aliphatic heterocycles. The van der Waals surface area contributed by atoms with Gasteiger partial charge in [-0.05, 0) is 48.5 Å². The minimum Gasteiger partial charge on any atom is -0.438 e. The number of ether oxygens (including phenoxy) is 1. The fraction of sp³-hybridized carbons (Fsp3) is 0. The van der Waals surface area contributed by atoms with E-state index in [-0.39, 0.29) is 11.6 Å². The topological polar surface area (TPSA) is 99.0 Å². The van der Waals surface area contributed by atoms with Gasteiger partial charge in [0.05, 0.1) is 0 Å². The Kier molecular flexibility index (Phi) is 4.92. The Morgan fingerprint density at radius 2 is 1.72 bits per heavy atom. The molecule has 2 aromatic carbocycles. The summed E-state index contributed by atoms with van der Waals surface area (Å²) in [6.45, 7) is 0. The van der Waals surface area contributed by atoms with E-state index in [4.69, 9.17) is 4.74 Å². The largest absolute Gasteiger partial charge is 0.438 e. The Balaban J connectivity index is 1.45. The Bertz CT molecular complexity index is 1210. The molecule has 29 heavy (non-hydrogen) atoms. The first kappa shape index (κ1) is 18.6. The van der Waals surface area contributed by atoms with Crippen LogP contribution in [0.1, 0.15) is 0 Å². The maximum atomic E-state index is 13.8. The number of nitrogens with one attached hydrogen (secondary N) is 1. The number of benzene rings is 2. The molecule has 146 valence electrons. The van der Waals surface area contributed by atoms with Crippen LogP contribution in [0, 0.1) is 5.82 Å². The fourth-order valence-electron chi connectivity index (χ4n) is 2.48. The fourth-order valence-corrected chi connectivity index (χ4v) is 3.62. The Morgan fingerprint density at radius 1 is 0.931 bits per heavy atom. The van der Waals surface area contributed by atoms with Crippen molar-refractivity contribution in [1.82, 2.24) is 20.0 Å². The number of rotatable bonds is 6. The molecule has 4 rings (SSSR count). The van der Waals surface area contributed by atoms with Crippen molar-refractivity contribution in [2.75, 3.05) is 4.72 Å². The van der Waals surface area contributed by atoms with Crippen molar-refractivity contribution in [3.05, 3.63) is 84.9 Å². The summed E-state index contributed by atoms with van der Waals surface area (Å²) in [6.07, 6.45) is 3.37. The van der Waals surface area contributed by atoms with E-state index < -0.39 is 20.7 Å². The lowest BCUT2D eigenvalue weighted by atomic mass is 10.3. The molecule has 1 N–H and O–H groups in total. The average Bonchev–Trinajstić information content (AvgIpc) is 3.25. The molecule has 0 radical (unpaired) electrons. The van der Waals surface area contributed by atoms with Crippen LogP contribution in [-0.2, 0) is 10.0 Å². The highest BCUT2D eigenvalue weighted by molar-refractivity contribution is 7.92. The molecule has 2 aromatic heterocycles. The zero-order chi connectivity index (χ0) is 20.3. The normalized spacial score (nSPS) is 11.2. The first-order valence-electron chi connectivity index (χ1n) is 8.40. The quantitative estimate of drug-likeness (QED) is 0.522. The lowest BCUT2D eigenvalue weighted by Crippen LogP contribution is -2.14. The lowest BCUT2D eigenvalue weighted by Gasteiger charge is -2.10. The van der Waals surface area contributed by atoms with Crippen LogP contribution in [0.3, 0.4) is 0 Å². The third kappa shape index (κ3) is 4.22. The lowest BCUT2D eigenvalue weighted by molar-refractivity contribution is 0.454. The molecule has 0 bridgehead atoms. The van der Waals surface area contributed by atoms with Gasteiger partial charge < -0.3 is 4.74 Å². The van der Waals surface area contributed by atoms with E-state index >= 15 is 0 Å². The molecule has 0 aliphatic carbocycles. The molecule has 0 aliphatic rings. The number of hydrogen-bond acceptors (Lipinski definition) is 6. The maximum absolute atomic E-state index is 13.8. The van der Waals surface area contributed by atoms with Crippen molar-refractivity contribution >= 4 is 15.7 Å². The number of anilines is 1. The summed E-state index contributed by atoms with van der Waals surface area (Å²) in [5.41, 5.74) is 0.265. The summed E-state index contributed by atoms with van der Waals surface area (Å²) >= 11 is 0. The van der Waals surface area contributed by atoms with E-state index in [0.29, 0.717) is 11.6 Å². The molecular formula is C19H14FN5O3S. The van der Waals surface area contributed by atoms with Gasteiger partial charge in [0.1, 0.15) is 16.5 Å². The Hall–Kier alpha value is -3.79. The minimum atomic E-state index is -4.04. The highest BCUT2D eigenvalue weighted by atomic mass is 32.2. The van der Waals surface area contributed by atoms with Crippen molar-refractivity contribution in [2.24, 2.45) is 0 Å². The van der Waals surface area contributed by atoms with Crippen molar-refractivity contribution in [3.8, 4) is 17.4 Å². The number of halogens is 1. The first-order valence-corrected chi connectivity index (χ1v) is 9.89. The molecule has 0 unspecified atom stereocenters. The molecule has 0 spiro atoms. The molecule has 10 heteroatoms. The van der Waals surface area contributed by atoms with E-state index in [9.17, 15) is 12.8 Å². The van der Waals surface area contributed by atoms with Crippen molar-refractivity contribution in [3.63, 3.8) is 0 Å². The zero-order valence-corrected chi connectivity index (χ0v) is 15.6. The van der Waals surface area contributed by atoms with E-state index in [0.717, 1.165) is 6.07 Å². The summed E-state index contributed by atoms with van der Waals surface area (Å²) in [6, 6.07) is 16.4. The molecule has 0 atom stereocenters. The predicted molar refractivity (Wildman–Crippen MR) is 103 cm³/mol. The summed E-state index contributed by atoms with van der Waals surface area (Å²) in [7, 11) is -4.04. The number of aromatic nitrogens is 4. The minimum absolute atomic E-state index is 0.264. The first-order chi connectivity index (χ1) is 14.0. The molecular weight excluding hydrogens is 397 g/mol. The van der Waals surface area contributed by atoms with E-state index in [1.54, 1.807) is 47.4 Å².